The van der Waals surface area contributed by atoms with Gasteiger partial charge < -0.3 is 9.30 Å². The number of benzene rings is 1. The van der Waals surface area contributed by atoms with E-state index in [1.165, 1.54) is 55.6 Å². The lowest BCUT2D eigenvalue weighted by atomic mass is 9.86. The minimum atomic E-state index is -0.471. The summed E-state index contributed by atoms with van der Waals surface area (Å²) in [6.07, 6.45) is 7.27. The lowest BCUT2D eigenvalue weighted by Crippen LogP contribution is -2.23. The molecule has 0 aliphatic heterocycles. The van der Waals surface area contributed by atoms with Gasteiger partial charge in [0.25, 0.3) is 5.69 Å². The topological polar surface area (TPSA) is 104 Å². The molecule has 0 radical (unpaired) electrons. The molecule has 1 heterocycles. The molecule has 1 aliphatic rings. The summed E-state index contributed by atoms with van der Waals surface area (Å²) >= 11 is 1.17. The number of aromatic nitrogens is 1. The van der Waals surface area contributed by atoms with Crippen LogP contribution < -0.4 is 4.80 Å². The van der Waals surface area contributed by atoms with E-state index >= 15 is 0 Å². The normalized spacial score (nSPS) is 15.6. The van der Waals surface area contributed by atoms with Crippen molar-refractivity contribution >= 4 is 39.1 Å². The Balaban J connectivity index is 1.88. The Bertz CT molecular complexity index is 972. The van der Waals surface area contributed by atoms with Crippen molar-refractivity contribution in [1.29, 1.82) is 0 Å². The molecule has 9 heteroatoms. The van der Waals surface area contributed by atoms with Gasteiger partial charge in [0.2, 0.25) is 5.91 Å². The van der Waals surface area contributed by atoms with Gasteiger partial charge >= 0.3 is 5.97 Å². The van der Waals surface area contributed by atoms with Crippen LogP contribution in [0.1, 0.15) is 51.9 Å². The van der Waals surface area contributed by atoms with E-state index in [1.807, 2.05) is 0 Å². The molecule has 0 atom stereocenters. The lowest BCUT2D eigenvalue weighted by molar-refractivity contribution is -0.384. The van der Waals surface area contributed by atoms with E-state index in [-0.39, 0.29) is 24.7 Å². The van der Waals surface area contributed by atoms with Crippen molar-refractivity contribution in [2.24, 2.45) is 10.9 Å². The zero-order valence-corrected chi connectivity index (χ0v) is 17.3. The first-order chi connectivity index (χ1) is 14.0. The molecule has 1 aromatic carbocycles. The quantitative estimate of drug-likeness (QED) is 0.384. The first kappa shape index (κ1) is 21.2. The van der Waals surface area contributed by atoms with Crippen LogP contribution in [0, 0.1) is 16.0 Å². The van der Waals surface area contributed by atoms with Crippen LogP contribution in [0.2, 0.25) is 0 Å². The van der Waals surface area contributed by atoms with Crippen LogP contribution in [0.5, 0.6) is 0 Å². The molecule has 0 spiro atoms. The third-order valence-electron chi connectivity index (χ3n) is 5.18. The Morgan fingerprint density at radius 1 is 1.31 bits per heavy atom. The summed E-state index contributed by atoms with van der Waals surface area (Å²) in [6, 6.07) is 4.40. The summed E-state index contributed by atoms with van der Waals surface area (Å²) < 4.78 is 7.22. The second-order valence-corrected chi connectivity index (χ2v) is 8.24. The maximum Gasteiger partial charge on any atom is 0.326 e. The minimum absolute atomic E-state index is 0.0443. The Hall–Kier alpha value is -2.55. The summed E-state index contributed by atoms with van der Waals surface area (Å²) in [7, 11) is 0. The molecule has 0 unspecified atom stereocenters. The van der Waals surface area contributed by atoms with Crippen LogP contribution in [0.15, 0.2) is 23.2 Å². The fourth-order valence-corrected chi connectivity index (χ4v) is 4.80. The van der Waals surface area contributed by atoms with E-state index in [2.05, 4.69) is 4.99 Å². The SMILES string of the molecule is CCOC(=O)Cn1c(=NC(=O)CCC2CCCCC2)sc2cc([N+](=O)[O-])ccc21. The van der Waals surface area contributed by atoms with Crippen LogP contribution in [0.25, 0.3) is 10.2 Å². The van der Waals surface area contributed by atoms with Gasteiger partial charge in [-0.2, -0.15) is 4.99 Å². The summed E-state index contributed by atoms with van der Waals surface area (Å²) in [5, 5.41) is 11.1. The van der Waals surface area contributed by atoms with Crippen molar-refractivity contribution < 1.29 is 19.2 Å². The minimum Gasteiger partial charge on any atom is -0.465 e. The van der Waals surface area contributed by atoms with Gasteiger partial charge in [-0.05, 0) is 25.3 Å². The number of fused-ring (bicyclic) bond motifs is 1. The molecule has 0 bridgehead atoms. The molecule has 29 heavy (non-hydrogen) atoms. The van der Waals surface area contributed by atoms with Crippen molar-refractivity contribution in [3.05, 3.63) is 33.1 Å². The predicted molar refractivity (Wildman–Crippen MR) is 109 cm³/mol. The van der Waals surface area contributed by atoms with Crippen LogP contribution in [0.3, 0.4) is 0 Å². The number of non-ortho nitro benzene ring substituents is 1. The van der Waals surface area contributed by atoms with Gasteiger partial charge in [-0.1, -0.05) is 43.4 Å². The number of nitro benzene ring substituents is 1. The highest BCUT2D eigenvalue weighted by molar-refractivity contribution is 7.16. The van der Waals surface area contributed by atoms with Gasteiger partial charge in [0.15, 0.2) is 4.80 Å². The number of nitrogens with zero attached hydrogens (tertiary/aromatic N) is 3. The van der Waals surface area contributed by atoms with Crippen LogP contribution in [-0.2, 0) is 20.9 Å². The Morgan fingerprint density at radius 2 is 2.07 bits per heavy atom. The molecule has 1 fully saturated rings. The number of hydrogen-bond acceptors (Lipinski definition) is 6. The largest absolute Gasteiger partial charge is 0.465 e. The van der Waals surface area contributed by atoms with E-state index in [0.29, 0.717) is 27.4 Å². The van der Waals surface area contributed by atoms with Crippen LogP contribution in [0.4, 0.5) is 5.69 Å². The number of ether oxygens (including phenoxy) is 1. The molecule has 1 amide bonds. The number of amides is 1. The van der Waals surface area contributed by atoms with Crippen molar-refractivity contribution in [2.45, 2.75) is 58.4 Å². The number of esters is 1. The Morgan fingerprint density at radius 3 is 2.76 bits per heavy atom. The van der Waals surface area contributed by atoms with Gasteiger partial charge in [-0.15, -0.1) is 0 Å². The molecular weight excluding hydrogens is 394 g/mol. The maximum atomic E-state index is 12.5. The smallest absolute Gasteiger partial charge is 0.326 e. The van der Waals surface area contributed by atoms with Gasteiger partial charge in [0, 0.05) is 18.6 Å². The van der Waals surface area contributed by atoms with Crippen LogP contribution in [-0.4, -0.2) is 28.0 Å². The van der Waals surface area contributed by atoms with E-state index in [1.54, 1.807) is 17.6 Å². The van der Waals surface area contributed by atoms with E-state index < -0.39 is 10.9 Å². The molecule has 0 N–H and O–H groups in total. The number of thiazole rings is 1. The number of hydrogen-bond donors (Lipinski definition) is 0. The molecule has 1 aliphatic carbocycles. The zero-order chi connectivity index (χ0) is 20.8. The molecule has 1 saturated carbocycles. The number of carbonyl (C=O) groups is 2. The predicted octanol–water partition coefficient (Wildman–Crippen LogP) is 3.96. The van der Waals surface area contributed by atoms with E-state index in [9.17, 15) is 19.7 Å². The average Bonchev–Trinajstić information content (AvgIpc) is 3.03. The second-order valence-electron chi connectivity index (χ2n) is 7.23. The highest BCUT2D eigenvalue weighted by Gasteiger charge is 2.17. The number of nitro groups is 1. The fourth-order valence-electron chi connectivity index (χ4n) is 3.72. The van der Waals surface area contributed by atoms with Crippen molar-refractivity contribution in [3.8, 4) is 0 Å². The maximum absolute atomic E-state index is 12.5. The van der Waals surface area contributed by atoms with Crippen molar-refractivity contribution in [2.75, 3.05) is 6.61 Å². The summed E-state index contributed by atoms with van der Waals surface area (Å²) in [5.41, 5.74) is 0.574. The summed E-state index contributed by atoms with van der Waals surface area (Å²) in [5.74, 6) is -0.0875. The first-order valence-corrected chi connectivity index (χ1v) is 10.8. The lowest BCUT2D eigenvalue weighted by Gasteiger charge is -2.20. The second kappa shape index (κ2) is 9.78. The van der Waals surface area contributed by atoms with Crippen LogP contribution >= 0.6 is 11.3 Å². The summed E-state index contributed by atoms with van der Waals surface area (Å²) in [4.78, 5) is 39.7. The summed E-state index contributed by atoms with van der Waals surface area (Å²) in [6.45, 7) is 1.87. The van der Waals surface area contributed by atoms with Gasteiger partial charge in [0.05, 0.1) is 21.7 Å². The third kappa shape index (κ3) is 5.50. The average molecular weight is 420 g/mol. The Kier molecular flexibility index (Phi) is 7.13. The molecule has 2 aromatic rings. The third-order valence-corrected chi connectivity index (χ3v) is 6.22. The van der Waals surface area contributed by atoms with Gasteiger partial charge in [-0.3, -0.25) is 19.7 Å². The first-order valence-electron chi connectivity index (χ1n) is 9.99. The molecular formula is C20H25N3O5S. The van der Waals surface area contributed by atoms with Crippen molar-refractivity contribution in [1.82, 2.24) is 4.57 Å². The molecule has 156 valence electrons. The molecule has 3 rings (SSSR count). The van der Waals surface area contributed by atoms with E-state index in [4.69, 9.17) is 4.74 Å². The van der Waals surface area contributed by atoms with Crippen molar-refractivity contribution in [3.63, 3.8) is 0 Å². The van der Waals surface area contributed by atoms with E-state index in [0.717, 1.165) is 6.42 Å². The van der Waals surface area contributed by atoms with Gasteiger partial charge in [-0.25, -0.2) is 0 Å². The fraction of sp³-hybridized carbons (Fsp3) is 0.550. The highest BCUT2D eigenvalue weighted by Crippen LogP contribution is 2.27. The highest BCUT2D eigenvalue weighted by atomic mass is 32.1. The monoisotopic (exact) mass is 419 g/mol. The molecule has 0 saturated heterocycles. The molecule has 8 nitrogen and oxygen atoms in total. The number of carbonyl (C=O) groups excluding carboxylic acids is 2. The number of rotatable bonds is 7. The Labute approximate surface area is 172 Å². The zero-order valence-electron chi connectivity index (χ0n) is 16.5. The standard InChI is InChI=1S/C20H25N3O5S/c1-2-28-19(25)13-22-16-10-9-15(23(26)27)12-17(16)29-20(22)21-18(24)11-8-14-6-4-3-5-7-14/h9-10,12,14H,2-8,11,13H2,1H3. The molecule has 1 aromatic heterocycles. The van der Waals surface area contributed by atoms with Gasteiger partial charge in [0.1, 0.15) is 6.54 Å².